The molecule has 45 heavy (non-hydrogen) atoms. The zero-order chi connectivity index (χ0) is 32.1. The number of halogens is 3. The summed E-state index contributed by atoms with van der Waals surface area (Å²) >= 11 is 5.83. The molecule has 2 aliphatic rings. The van der Waals surface area contributed by atoms with Gasteiger partial charge in [0.05, 0.1) is 5.69 Å². The molecule has 1 aromatic heterocycles. The number of imidazole rings is 1. The molecule has 2 aromatic carbocycles. The number of urea groups is 1. The van der Waals surface area contributed by atoms with Crippen LogP contribution in [0.15, 0.2) is 52.4 Å². The number of aromatic nitrogens is 2. The molecule has 11 nitrogen and oxygen atoms in total. The molecular formula is C31H36ClF2N9O2. The summed E-state index contributed by atoms with van der Waals surface area (Å²) in [6.45, 7) is 6.46. The smallest absolute Gasteiger partial charge is 0.321 e. The first-order valence-corrected chi connectivity index (χ1v) is 15.2. The molecule has 3 aromatic rings. The van der Waals surface area contributed by atoms with Gasteiger partial charge >= 0.3 is 6.03 Å². The van der Waals surface area contributed by atoms with E-state index in [-0.39, 0.29) is 46.9 Å². The van der Waals surface area contributed by atoms with Gasteiger partial charge in [0.15, 0.2) is 17.5 Å². The van der Waals surface area contributed by atoms with Crippen LogP contribution in [0, 0.1) is 24.5 Å². The molecule has 2 heterocycles. The highest BCUT2D eigenvalue weighted by molar-refractivity contribution is 6.30. The van der Waals surface area contributed by atoms with E-state index in [4.69, 9.17) is 22.3 Å². The number of hydrogen-bond acceptors (Lipinski definition) is 5. The Morgan fingerprint density at radius 2 is 1.78 bits per heavy atom. The average molecular weight is 640 g/mol. The molecule has 0 radical (unpaired) electrons. The van der Waals surface area contributed by atoms with E-state index < -0.39 is 17.3 Å². The second-order valence-electron chi connectivity index (χ2n) is 11.3. The summed E-state index contributed by atoms with van der Waals surface area (Å²) in [7, 11) is 0. The number of carbonyl (C=O) groups is 2. The normalized spacial score (nSPS) is 20.4. The lowest BCUT2D eigenvalue weighted by atomic mass is 9.85. The number of piperidine rings is 1. The Morgan fingerprint density at radius 3 is 2.42 bits per heavy atom. The number of guanidine groups is 1. The first-order valence-electron chi connectivity index (χ1n) is 14.9. The van der Waals surface area contributed by atoms with Crippen molar-refractivity contribution in [1.29, 1.82) is 0 Å². The predicted molar refractivity (Wildman–Crippen MR) is 172 cm³/mol. The first-order chi connectivity index (χ1) is 21.6. The number of nitrogens with one attached hydrogen (secondary N) is 3. The fourth-order valence-corrected chi connectivity index (χ4v) is 6.09. The molecule has 0 bridgehead atoms. The number of primary amides is 1. The van der Waals surface area contributed by atoms with Crippen molar-refractivity contribution in [3.63, 3.8) is 0 Å². The highest BCUT2D eigenvalue weighted by Gasteiger charge is 2.31. The maximum Gasteiger partial charge on any atom is 0.321 e. The maximum absolute atomic E-state index is 14.8. The molecule has 2 fully saturated rings. The molecule has 1 saturated carbocycles. The summed E-state index contributed by atoms with van der Waals surface area (Å²) in [5.41, 5.74) is 6.36. The third-order valence-corrected chi connectivity index (χ3v) is 8.41. The van der Waals surface area contributed by atoms with E-state index in [1.165, 1.54) is 0 Å². The minimum Gasteiger partial charge on any atom is -0.369 e. The van der Waals surface area contributed by atoms with E-state index in [9.17, 15) is 18.4 Å². The number of likely N-dealkylation sites (tertiary alicyclic amines) is 1. The van der Waals surface area contributed by atoms with Crippen LogP contribution < -0.4 is 21.7 Å². The lowest BCUT2D eigenvalue weighted by Gasteiger charge is -2.33. The van der Waals surface area contributed by atoms with E-state index in [2.05, 4.69) is 32.6 Å². The molecule has 14 heteroatoms. The second kappa shape index (κ2) is 14.1. The Balaban J connectivity index is 1.41. The Labute approximate surface area is 265 Å². The van der Waals surface area contributed by atoms with Crippen LogP contribution in [0.4, 0.5) is 36.7 Å². The number of anilines is 3. The Hall–Kier alpha value is -4.52. The standard InChI is InChI=1S/C31H36ClF2N9O2/c1-18-28(41-29(36-2)38-22-9-6-14-42(17-22)31(45)39-21-7-4-3-5-8-21)43(23-12-10-19(11-13-23)27(35)44)30(37-18)40-26-24(33)15-20(32)16-25(26)34/h3-5,7-8,15-16,19,22-23H,2,6,9-14,17H2,1H3,(H2,35,44)(H,37,40)(H,38,41)(H,39,45)/t19-,22-,23+/m1/s1. The number of aryl methyl sites for hydroxylation is 1. The number of benzene rings is 2. The molecule has 5 N–H and O–H groups in total. The molecular weight excluding hydrogens is 604 g/mol. The molecule has 0 unspecified atom stereocenters. The van der Waals surface area contributed by atoms with E-state index >= 15 is 0 Å². The van der Waals surface area contributed by atoms with Crippen LogP contribution in [0.5, 0.6) is 0 Å². The molecule has 1 aliphatic heterocycles. The molecule has 1 aliphatic carbocycles. The zero-order valence-electron chi connectivity index (χ0n) is 24.9. The van der Waals surface area contributed by atoms with Gasteiger partial charge in [0.2, 0.25) is 17.8 Å². The highest BCUT2D eigenvalue weighted by Crippen LogP contribution is 2.40. The van der Waals surface area contributed by atoms with E-state index in [0.29, 0.717) is 56.0 Å². The molecule has 3 amide bonds. The van der Waals surface area contributed by atoms with Crippen LogP contribution >= 0.6 is 11.6 Å². The number of rotatable bonds is 7. The lowest BCUT2D eigenvalue weighted by Crippen LogP contribution is -2.50. The number of aliphatic imine (C=N–C) groups is 2. The zero-order valence-corrected chi connectivity index (χ0v) is 25.7. The average Bonchev–Trinajstić information content (AvgIpc) is 3.33. The maximum atomic E-state index is 14.8. The van der Waals surface area contributed by atoms with Crippen LogP contribution in [0.1, 0.15) is 50.3 Å². The number of nitrogens with two attached hydrogens (primary N) is 1. The highest BCUT2D eigenvalue weighted by atomic mass is 35.5. The van der Waals surface area contributed by atoms with Gasteiger partial charge in [-0.2, -0.15) is 4.99 Å². The second-order valence-corrected chi connectivity index (χ2v) is 11.7. The number of hydrogen-bond donors (Lipinski definition) is 4. The van der Waals surface area contributed by atoms with Crippen LogP contribution in [0.2, 0.25) is 5.02 Å². The Kier molecular flexibility index (Phi) is 9.96. The van der Waals surface area contributed by atoms with Crippen molar-refractivity contribution in [2.45, 2.75) is 57.5 Å². The van der Waals surface area contributed by atoms with Crippen molar-refractivity contribution in [2.24, 2.45) is 21.6 Å². The SMILES string of the molecule is C=N/C(=N\c1c(C)nc(Nc2c(F)cc(Cl)cc2F)n1[C@H]1CC[C@@H](C(N)=O)CC1)N[C@@H]1CCCN(C(=O)Nc2ccccc2)C1. The summed E-state index contributed by atoms with van der Waals surface area (Å²) in [5.74, 6) is -1.53. The summed E-state index contributed by atoms with van der Waals surface area (Å²) in [6, 6.07) is 10.7. The van der Waals surface area contributed by atoms with Gasteiger partial charge in [-0.25, -0.2) is 23.6 Å². The number of carbonyl (C=O) groups excluding carboxylic acids is 2. The van der Waals surface area contributed by atoms with Crippen molar-refractivity contribution >= 4 is 59.4 Å². The predicted octanol–water partition coefficient (Wildman–Crippen LogP) is 6.06. The van der Waals surface area contributed by atoms with Crippen LogP contribution in [0.25, 0.3) is 0 Å². The molecule has 0 spiro atoms. The van der Waals surface area contributed by atoms with Crippen molar-refractivity contribution in [1.82, 2.24) is 19.8 Å². The van der Waals surface area contributed by atoms with Gasteiger partial charge in [0.25, 0.3) is 0 Å². The summed E-state index contributed by atoms with van der Waals surface area (Å²) in [4.78, 5) is 40.0. The lowest BCUT2D eigenvalue weighted by molar-refractivity contribution is -0.122. The van der Waals surface area contributed by atoms with Crippen molar-refractivity contribution in [3.05, 3.63) is 64.8 Å². The number of nitrogens with zero attached hydrogens (tertiary/aromatic N) is 5. The molecule has 238 valence electrons. The first kappa shape index (κ1) is 31.9. The minimum absolute atomic E-state index is 0.0725. The Morgan fingerprint density at radius 1 is 1.09 bits per heavy atom. The fourth-order valence-electron chi connectivity index (χ4n) is 5.90. The van der Waals surface area contributed by atoms with Gasteiger partial charge in [-0.3, -0.25) is 9.36 Å². The molecule has 5 rings (SSSR count). The van der Waals surface area contributed by atoms with Gasteiger partial charge < -0.3 is 26.6 Å². The van der Waals surface area contributed by atoms with Gasteiger partial charge in [0, 0.05) is 41.8 Å². The summed E-state index contributed by atoms with van der Waals surface area (Å²) < 4.78 is 31.4. The minimum atomic E-state index is -0.872. The summed E-state index contributed by atoms with van der Waals surface area (Å²) in [6.07, 6.45) is 3.81. The quantitative estimate of drug-likeness (QED) is 0.184. The van der Waals surface area contributed by atoms with Crippen molar-refractivity contribution in [3.8, 4) is 0 Å². The third-order valence-electron chi connectivity index (χ3n) is 8.19. The van der Waals surface area contributed by atoms with E-state index in [1.807, 2.05) is 30.3 Å². The van der Waals surface area contributed by atoms with Gasteiger partial charge in [-0.05, 0) is 76.4 Å². The monoisotopic (exact) mass is 639 g/mol. The number of para-hydroxylation sites is 1. The molecule has 1 atom stereocenters. The van der Waals surface area contributed by atoms with Crippen LogP contribution in [-0.4, -0.2) is 58.2 Å². The Bertz CT molecular complexity index is 1570. The third kappa shape index (κ3) is 7.59. The molecule has 1 saturated heterocycles. The van der Waals surface area contributed by atoms with Crippen molar-refractivity contribution in [2.75, 3.05) is 23.7 Å². The van der Waals surface area contributed by atoms with E-state index in [1.54, 1.807) is 16.4 Å². The van der Waals surface area contributed by atoms with Crippen molar-refractivity contribution < 1.29 is 18.4 Å². The van der Waals surface area contributed by atoms with E-state index in [0.717, 1.165) is 25.0 Å². The van der Waals surface area contributed by atoms with Crippen LogP contribution in [-0.2, 0) is 4.79 Å². The number of amides is 3. The van der Waals surface area contributed by atoms with Gasteiger partial charge in [-0.1, -0.05) is 29.8 Å². The summed E-state index contributed by atoms with van der Waals surface area (Å²) in [5, 5.41) is 8.96. The van der Waals surface area contributed by atoms with Gasteiger partial charge in [0.1, 0.15) is 5.69 Å². The topological polar surface area (TPSA) is 142 Å². The van der Waals surface area contributed by atoms with Gasteiger partial charge in [-0.15, -0.1) is 0 Å². The van der Waals surface area contributed by atoms with Crippen LogP contribution in [0.3, 0.4) is 0 Å². The largest absolute Gasteiger partial charge is 0.369 e. The fraction of sp³-hybridized carbons (Fsp3) is 0.387.